The van der Waals surface area contributed by atoms with Gasteiger partial charge >= 0.3 is 0 Å². The second-order valence-electron chi connectivity index (χ2n) is 7.87. The van der Waals surface area contributed by atoms with E-state index in [1.54, 1.807) is 19.1 Å². The Balaban J connectivity index is 1.31. The monoisotopic (exact) mass is 382 g/mol. The first kappa shape index (κ1) is 18.9. The van der Waals surface area contributed by atoms with Crippen molar-refractivity contribution in [2.45, 2.75) is 19.4 Å². The van der Waals surface area contributed by atoms with Crippen molar-refractivity contribution in [3.63, 3.8) is 0 Å². The standard InChI is InChI=1S/C23H27FN2O2/c1-17(27)26-15-19-14-25(12-5-13-28-21-10-8-20(24)9-11-21)16-22(19)23(26)18-6-3-2-4-7-18/h2-4,6-11,19,22-23H,5,12-16H2,1H3/t19-,22-,23+/m1/s1. The molecule has 0 aromatic heterocycles. The topological polar surface area (TPSA) is 32.8 Å². The molecule has 0 bridgehead atoms. The molecule has 0 spiro atoms. The number of likely N-dealkylation sites (tertiary alicyclic amines) is 2. The van der Waals surface area contributed by atoms with Crippen LogP contribution in [-0.4, -0.2) is 48.5 Å². The van der Waals surface area contributed by atoms with Gasteiger partial charge in [-0.1, -0.05) is 30.3 Å². The fourth-order valence-electron chi connectivity index (χ4n) is 4.73. The number of carbonyl (C=O) groups is 1. The van der Waals surface area contributed by atoms with E-state index in [2.05, 4.69) is 34.1 Å². The summed E-state index contributed by atoms with van der Waals surface area (Å²) < 4.78 is 18.6. The van der Waals surface area contributed by atoms with Crippen LogP contribution in [0.15, 0.2) is 54.6 Å². The highest BCUT2D eigenvalue weighted by Gasteiger charge is 2.48. The Labute approximate surface area is 165 Å². The molecule has 0 N–H and O–H groups in total. The van der Waals surface area contributed by atoms with Gasteiger partial charge in [-0.2, -0.15) is 0 Å². The highest BCUT2D eigenvalue weighted by molar-refractivity contribution is 5.74. The Kier molecular flexibility index (Phi) is 5.62. The lowest BCUT2D eigenvalue weighted by molar-refractivity contribution is -0.130. The normalized spacial score (nSPS) is 24.4. The second kappa shape index (κ2) is 8.31. The fraction of sp³-hybridized carbons (Fsp3) is 0.435. The Morgan fingerprint density at radius 2 is 1.82 bits per heavy atom. The van der Waals surface area contributed by atoms with Gasteiger partial charge in [-0.25, -0.2) is 4.39 Å². The van der Waals surface area contributed by atoms with Crippen LogP contribution in [0, 0.1) is 17.7 Å². The maximum absolute atomic E-state index is 12.9. The third-order valence-electron chi connectivity index (χ3n) is 5.99. The number of ether oxygens (including phenoxy) is 1. The Morgan fingerprint density at radius 3 is 2.54 bits per heavy atom. The highest BCUT2D eigenvalue weighted by atomic mass is 19.1. The van der Waals surface area contributed by atoms with Crippen LogP contribution in [0.3, 0.4) is 0 Å². The zero-order valence-electron chi connectivity index (χ0n) is 16.3. The molecule has 2 heterocycles. The van der Waals surface area contributed by atoms with Gasteiger partial charge in [0.25, 0.3) is 0 Å². The molecule has 0 unspecified atom stereocenters. The lowest BCUT2D eigenvalue weighted by Crippen LogP contribution is -2.34. The van der Waals surface area contributed by atoms with Crippen molar-refractivity contribution in [3.8, 4) is 5.75 Å². The van der Waals surface area contributed by atoms with Crippen LogP contribution in [0.4, 0.5) is 4.39 Å². The smallest absolute Gasteiger partial charge is 0.219 e. The van der Waals surface area contributed by atoms with Gasteiger partial charge in [-0.3, -0.25) is 4.79 Å². The van der Waals surface area contributed by atoms with Crippen LogP contribution in [-0.2, 0) is 4.79 Å². The maximum atomic E-state index is 12.9. The third kappa shape index (κ3) is 4.04. The summed E-state index contributed by atoms with van der Waals surface area (Å²) >= 11 is 0. The lowest BCUT2D eigenvalue weighted by atomic mass is 9.89. The molecule has 2 aliphatic heterocycles. The van der Waals surface area contributed by atoms with Gasteiger partial charge in [-0.15, -0.1) is 0 Å². The van der Waals surface area contributed by atoms with Crippen molar-refractivity contribution in [1.29, 1.82) is 0 Å². The highest BCUT2D eigenvalue weighted by Crippen LogP contribution is 2.44. The average molecular weight is 382 g/mol. The van der Waals surface area contributed by atoms with Gasteiger partial charge in [0.1, 0.15) is 11.6 Å². The van der Waals surface area contributed by atoms with Crippen LogP contribution in [0.25, 0.3) is 0 Å². The van der Waals surface area contributed by atoms with Crippen LogP contribution in [0.1, 0.15) is 24.9 Å². The molecular formula is C23H27FN2O2. The molecule has 2 aromatic carbocycles. The van der Waals surface area contributed by atoms with E-state index < -0.39 is 0 Å². The molecule has 1 amide bonds. The van der Waals surface area contributed by atoms with Crippen LogP contribution in [0.2, 0.25) is 0 Å². The van der Waals surface area contributed by atoms with E-state index >= 15 is 0 Å². The quantitative estimate of drug-likeness (QED) is 0.714. The molecule has 5 heteroatoms. The lowest BCUT2D eigenvalue weighted by Gasteiger charge is -2.29. The van der Waals surface area contributed by atoms with Crippen molar-refractivity contribution in [2.24, 2.45) is 11.8 Å². The fourth-order valence-corrected chi connectivity index (χ4v) is 4.73. The molecule has 0 saturated carbocycles. The van der Waals surface area contributed by atoms with Crippen molar-refractivity contribution in [2.75, 3.05) is 32.8 Å². The number of nitrogens with zero attached hydrogens (tertiary/aromatic N) is 2. The summed E-state index contributed by atoms with van der Waals surface area (Å²) in [6.45, 7) is 6.19. The first-order valence-electron chi connectivity index (χ1n) is 10.0. The first-order chi connectivity index (χ1) is 13.6. The number of hydrogen-bond donors (Lipinski definition) is 0. The third-order valence-corrected chi connectivity index (χ3v) is 5.99. The van der Waals surface area contributed by atoms with Crippen molar-refractivity contribution in [3.05, 3.63) is 66.0 Å². The zero-order valence-corrected chi connectivity index (χ0v) is 16.3. The largest absolute Gasteiger partial charge is 0.494 e. The van der Waals surface area contributed by atoms with E-state index in [-0.39, 0.29) is 17.8 Å². The molecule has 0 aliphatic carbocycles. The van der Waals surface area contributed by atoms with Gasteiger partial charge in [-0.05, 0) is 42.2 Å². The van der Waals surface area contributed by atoms with E-state index in [0.29, 0.717) is 24.2 Å². The summed E-state index contributed by atoms with van der Waals surface area (Å²) in [6.07, 6.45) is 0.934. The van der Waals surface area contributed by atoms with Crippen molar-refractivity contribution >= 4 is 5.91 Å². The number of rotatable bonds is 6. The van der Waals surface area contributed by atoms with Gasteiger partial charge in [0.2, 0.25) is 5.91 Å². The van der Waals surface area contributed by atoms with E-state index in [9.17, 15) is 9.18 Å². The molecule has 2 aliphatic rings. The van der Waals surface area contributed by atoms with E-state index in [4.69, 9.17) is 4.74 Å². The predicted octanol–water partition coefficient (Wildman–Crippen LogP) is 3.75. The molecule has 4 rings (SSSR count). The summed E-state index contributed by atoms with van der Waals surface area (Å²) in [5, 5.41) is 0. The number of carbonyl (C=O) groups excluding carboxylic acids is 1. The number of amides is 1. The molecule has 28 heavy (non-hydrogen) atoms. The van der Waals surface area contributed by atoms with E-state index in [1.807, 2.05) is 6.07 Å². The van der Waals surface area contributed by atoms with Gasteiger partial charge in [0, 0.05) is 39.0 Å². The molecule has 148 valence electrons. The van der Waals surface area contributed by atoms with Crippen LogP contribution < -0.4 is 4.74 Å². The molecule has 3 atom stereocenters. The van der Waals surface area contributed by atoms with Gasteiger partial charge in [0.05, 0.1) is 12.6 Å². The zero-order chi connectivity index (χ0) is 19.5. The minimum absolute atomic E-state index is 0.169. The average Bonchev–Trinajstić information content (AvgIpc) is 3.25. The Bertz CT molecular complexity index is 796. The van der Waals surface area contributed by atoms with Crippen molar-refractivity contribution < 1.29 is 13.9 Å². The molecule has 2 aromatic rings. The van der Waals surface area contributed by atoms with Crippen LogP contribution >= 0.6 is 0 Å². The number of benzene rings is 2. The van der Waals surface area contributed by atoms with Crippen molar-refractivity contribution in [1.82, 2.24) is 9.80 Å². The van der Waals surface area contributed by atoms with Gasteiger partial charge < -0.3 is 14.5 Å². The molecule has 4 nitrogen and oxygen atoms in total. The summed E-state index contributed by atoms with van der Waals surface area (Å²) in [4.78, 5) is 16.7. The summed E-state index contributed by atoms with van der Waals surface area (Å²) in [7, 11) is 0. The minimum atomic E-state index is -0.247. The number of halogens is 1. The van der Waals surface area contributed by atoms with E-state index in [0.717, 1.165) is 32.6 Å². The molecule has 2 fully saturated rings. The molecule has 0 radical (unpaired) electrons. The first-order valence-corrected chi connectivity index (χ1v) is 10.0. The van der Waals surface area contributed by atoms with E-state index in [1.165, 1.54) is 17.7 Å². The van der Waals surface area contributed by atoms with Crippen LogP contribution in [0.5, 0.6) is 5.75 Å². The second-order valence-corrected chi connectivity index (χ2v) is 7.87. The number of fused-ring (bicyclic) bond motifs is 1. The summed E-state index contributed by atoms with van der Waals surface area (Å²) in [6, 6.07) is 16.8. The summed E-state index contributed by atoms with van der Waals surface area (Å²) in [5.74, 6) is 1.66. The molecular weight excluding hydrogens is 355 g/mol. The van der Waals surface area contributed by atoms with Gasteiger partial charge in [0.15, 0.2) is 0 Å². The SMILES string of the molecule is CC(=O)N1C[C@H]2CN(CCCOc3ccc(F)cc3)C[C@H]2[C@@H]1c1ccccc1. The summed E-state index contributed by atoms with van der Waals surface area (Å²) in [5.41, 5.74) is 1.24. The maximum Gasteiger partial charge on any atom is 0.219 e. The Hall–Kier alpha value is -2.40. The molecule has 2 saturated heterocycles. The number of hydrogen-bond acceptors (Lipinski definition) is 3. The Morgan fingerprint density at radius 1 is 1.07 bits per heavy atom. The predicted molar refractivity (Wildman–Crippen MR) is 107 cm³/mol. The minimum Gasteiger partial charge on any atom is -0.494 e.